The van der Waals surface area contributed by atoms with Crippen molar-refractivity contribution in [2.24, 2.45) is 0 Å². The summed E-state index contributed by atoms with van der Waals surface area (Å²) in [7, 11) is 0.562. The van der Waals surface area contributed by atoms with Crippen molar-refractivity contribution in [3.05, 3.63) is 78.1 Å². The number of allylic oxidation sites excluding steroid dienone is 1. The number of carbonyl (C=O) groups excluding carboxylic acids is 1. The van der Waals surface area contributed by atoms with Gasteiger partial charge in [0.2, 0.25) is 5.91 Å². The van der Waals surface area contributed by atoms with Gasteiger partial charge in [0.05, 0.1) is 31.4 Å². The first-order valence-corrected chi connectivity index (χ1v) is 23.2. The standard InChI is InChI=1S/C46H63N6O4PS/c1-34(2)52(35(3)4)57(54-30-13-22-47)55-31-29-49(6)45(53)16-9-7-8-12-24-50-25-27-51(28-26-50)39-19-17-38-32-41-36(5)56-42-20-18-37-14-10-11-15-40(37)46(42)48-23-21-43(41)58-44(38)33-39/h10-11,14-15,17-20,32-35,43,48H,5,7-9,12-13,16,21,23-31H2,1-4,6H3. The van der Waals surface area contributed by atoms with Crippen LogP contribution in [-0.4, -0.2) is 104 Å². The summed E-state index contributed by atoms with van der Waals surface area (Å²) >= 11 is 1.94. The average molecular weight is 827 g/mol. The van der Waals surface area contributed by atoms with Crippen LogP contribution in [0.2, 0.25) is 0 Å². The van der Waals surface area contributed by atoms with Gasteiger partial charge in [0, 0.05) is 91.6 Å². The van der Waals surface area contributed by atoms with E-state index in [2.05, 4.69) is 121 Å². The smallest absolute Gasteiger partial charge is 0.259 e. The normalized spacial score (nSPS) is 17.6. The number of anilines is 2. The zero-order valence-corrected chi connectivity index (χ0v) is 37.0. The molecule has 6 rings (SSSR count). The maximum absolute atomic E-state index is 12.8. The fraction of sp³-hybridized carbons (Fsp3) is 0.522. The van der Waals surface area contributed by atoms with Crippen molar-refractivity contribution < 1.29 is 18.6 Å². The molecular weight excluding hydrogens is 764 g/mol. The van der Waals surface area contributed by atoms with Crippen LogP contribution >= 0.6 is 20.3 Å². The van der Waals surface area contributed by atoms with E-state index in [1.165, 1.54) is 32.5 Å². The molecule has 3 aliphatic rings. The monoisotopic (exact) mass is 826 g/mol. The van der Waals surface area contributed by atoms with Crippen molar-refractivity contribution in [2.45, 2.75) is 94.9 Å². The van der Waals surface area contributed by atoms with Gasteiger partial charge in [-0.25, -0.2) is 4.67 Å². The van der Waals surface area contributed by atoms with Crippen molar-refractivity contribution in [1.29, 1.82) is 5.26 Å². The van der Waals surface area contributed by atoms with E-state index < -0.39 is 8.53 Å². The van der Waals surface area contributed by atoms with Gasteiger partial charge >= 0.3 is 0 Å². The van der Waals surface area contributed by atoms with Crippen LogP contribution in [0.1, 0.15) is 78.2 Å². The largest absolute Gasteiger partial charge is 0.455 e. The number of fused-ring (bicyclic) bond motifs is 5. The van der Waals surface area contributed by atoms with E-state index in [4.69, 9.17) is 19.0 Å². The third-order valence-electron chi connectivity index (χ3n) is 11.1. The quantitative estimate of drug-likeness (QED) is 0.0987. The van der Waals surface area contributed by atoms with Crippen molar-refractivity contribution >= 4 is 54.4 Å². The fourth-order valence-corrected chi connectivity index (χ4v) is 10.9. The number of amides is 1. The number of likely N-dealkylation sites (N-methyl/N-ethyl adjacent to an activating group) is 1. The number of benzene rings is 3. The molecule has 3 aromatic carbocycles. The molecule has 1 amide bonds. The Labute approximate surface area is 352 Å². The lowest BCUT2D eigenvalue weighted by molar-refractivity contribution is -0.130. The second kappa shape index (κ2) is 21.6. The highest BCUT2D eigenvalue weighted by molar-refractivity contribution is 8.00. The third kappa shape index (κ3) is 11.6. The third-order valence-corrected chi connectivity index (χ3v) is 14.6. The van der Waals surface area contributed by atoms with Gasteiger partial charge in [-0.2, -0.15) is 5.26 Å². The number of piperazine rings is 1. The van der Waals surface area contributed by atoms with Gasteiger partial charge in [-0.05, 0) is 88.7 Å². The number of carbonyl (C=O) groups is 1. The van der Waals surface area contributed by atoms with Crippen molar-refractivity contribution in [2.75, 3.05) is 76.3 Å². The van der Waals surface area contributed by atoms with Crippen molar-refractivity contribution in [1.82, 2.24) is 14.5 Å². The molecule has 2 unspecified atom stereocenters. The summed E-state index contributed by atoms with van der Waals surface area (Å²) in [4.78, 5) is 21.1. The zero-order chi connectivity index (χ0) is 41.0. The number of ether oxygens (including phenoxy) is 1. The van der Waals surface area contributed by atoms with E-state index in [1.54, 1.807) is 4.90 Å². The first-order chi connectivity index (χ1) is 28.1. The number of thioether (sulfide) groups is 1. The van der Waals surface area contributed by atoms with Crippen LogP contribution in [-0.2, 0) is 13.8 Å². The molecule has 0 aromatic heterocycles. The first kappa shape index (κ1) is 43.9. The number of hydrogen-bond donors (Lipinski definition) is 1. The molecule has 1 fully saturated rings. The number of rotatable bonds is 18. The minimum atomic E-state index is -1.29. The summed E-state index contributed by atoms with van der Waals surface area (Å²) in [6.07, 6.45) is 8.44. The lowest BCUT2D eigenvalue weighted by atomic mass is 10.0. The topological polar surface area (TPSA) is 93.5 Å². The molecule has 1 N–H and O–H groups in total. The Morgan fingerprint density at radius 1 is 1.02 bits per heavy atom. The second-order valence-electron chi connectivity index (χ2n) is 16.0. The maximum atomic E-state index is 12.8. The first-order valence-electron chi connectivity index (χ1n) is 21.2. The van der Waals surface area contributed by atoms with E-state index in [9.17, 15) is 4.79 Å². The van der Waals surface area contributed by atoms with Gasteiger partial charge in [0.1, 0.15) is 5.76 Å². The summed E-state index contributed by atoms with van der Waals surface area (Å²) in [5, 5.41) is 15.3. The molecule has 3 heterocycles. The Morgan fingerprint density at radius 3 is 2.55 bits per heavy atom. The van der Waals surface area contributed by atoms with E-state index >= 15 is 0 Å². The number of hydrogen-bond acceptors (Lipinski definition) is 10. The van der Waals surface area contributed by atoms with E-state index in [1.807, 2.05) is 18.8 Å². The van der Waals surface area contributed by atoms with E-state index in [0.29, 0.717) is 32.6 Å². The lowest BCUT2D eigenvalue weighted by Gasteiger charge is -2.36. The molecule has 0 radical (unpaired) electrons. The highest BCUT2D eigenvalue weighted by atomic mass is 32.2. The predicted molar refractivity (Wildman–Crippen MR) is 241 cm³/mol. The summed E-state index contributed by atoms with van der Waals surface area (Å²) in [5.74, 6) is 1.72. The minimum Gasteiger partial charge on any atom is -0.455 e. The Hall–Kier alpha value is -3.62. The fourth-order valence-electron chi connectivity index (χ4n) is 8.01. The Balaban J connectivity index is 0.890. The van der Waals surface area contributed by atoms with E-state index in [-0.39, 0.29) is 23.2 Å². The molecule has 12 heteroatoms. The highest BCUT2D eigenvalue weighted by Crippen LogP contribution is 2.47. The highest BCUT2D eigenvalue weighted by Gasteiger charge is 2.29. The molecule has 312 valence electrons. The van der Waals surface area contributed by atoms with Crippen molar-refractivity contribution in [3.8, 4) is 11.8 Å². The molecule has 10 nitrogen and oxygen atoms in total. The van der Waals surface area contributed by atoms with Crippen LogP contribution in [0, 0.1) is 11.3 Å². The van der Waals surface area contributed by atoms with Crippen LogP contribution < -0.4 is 15.0 Å². The summed E-state index contributed by atoms with van der Waals surface area (Å²) < 4.78 is 20.8. The Kier molecular flexibility index (Phi) is 16.4. The van der Waals surface area contributed by atoms with Gasteiger partial charge in [0.15, 0.2) is 5.75 Å². The molecule has 0 spiro atoms. The maximum Gasteiger partial charge on any atom is 0.259 e. The van der Waals surface area contributed by atoms with E-state index in [0.717, 1.165) is 88.6 Å². The minimum absolute atomic E-state index is 0.160. The summed E-state index contributed by atoms with van der Waals surface area (Å²) in [6.45, 7) is 20.3. The Morgan fingerprint density at radius 2 is 1.78 bits per heavy atom. The molecule has 0 saturated carbocycles. The van der Waals surface area contributed by atoms with Gasteiger partial charge in [-0.15, -0.1) is 11.8 Å². The molecule has 0 bridgehead atoms. The lowest BCUT2D eigenvalue weighted by Crippen LogP contribution is -2.46. The number of nitrogens with zero attached hydrogens (tertiary/aromatic N) is 5. The predicted octanol–water partition coefficient (Wildman–Crippen LogP) is 9.93. The summed E-state index contributed by atoms with van der Waals surface area (Å²) in [5.41, 5.74) is 4.76. The summed E-state index contributed by atoms with van der Waals surface area (Å²) in [6, 6.07) is 22.2. The zero-order valence-electron chi connectivity index (χ0n) is 35.3. The molecule has 3 aromatic rings. The SMILES string of the molecule is C=C1Oc2ccc3ccccc3c2NCCC2Sc3cc(N4CCN(CCCCCCC(=O)N(C)CCOP(OCCC#N)N(C(C)C)C(C)C)CC4)ccc3C=C12. The molecule has 2 atom stereocenters. The van der Waals surface area contributed by atoms with Crippen LogP contribution in [0.3, 0.4) is 0 Å². The van der Waals surface area contributed by atoms with Crippen LogP contribution in [0.5, 0.6) is 5.75 Å². The number of unbranched alkanes of at least 4 members (excludes halogenated alkanes) is 3. The molecule has 0 aliphatic carbocycles. The van der Waals surface area contributed by atoms with Crippen LogP contribution in [0.25, 0.3) is 16.8 Å². The number of nitrogens with one attached hydrogen (secondary N) is 1. The van der Waals surface area contributed by atoms with Gasteiger partial charge < -0.3 is 28.9 Å². The molecular formula is C46H63N6O4PS. The molecule has 1 saturated heterocycles. The van der Waals surface area contributed by atoms with Gasteiger partial charge in [0.25, 0.3) is 8.53 Å². The van der Waals surface area contributed by atoms with Crippen LogP contribution in [0.4, 0.5) is 11.4 Å². The molecule has 58 heavy (non-hydrogen) atoms. The van der Waals surface area contributed by atoms with Gasteiger partial charge in [-0.1, -0.05) is 55.8 Å². The molecule has 3 aliphatic heterocycles. The van der Waals surface area contributed by atoms with Crippen molar-refractivity contribution in [3.63, 3.8) is 0 Å². The Bertz CT molecular complexity index is 1920. The van der Waals surface area contributed by atoms with Gasteiger partial charge in [-0.3, -0.25) is 9.69 Å². The number of nitriles is 1. The van der Waals surface area contributed by atoms with Crippen LogP contribution in [0.15, 0.2) is 77.4 Å². The second-order valence-corrected chi connectivity index (χ2v) is 18.7. The average Bonchev–Trinajstić information content (AvgIpc) is 3.28.